The SMILES string of the molecule is Cc1cc(-c2cncn2C(C)C)nc2cc3c(cc12)OCC(=O)N3C. The highest BCUT2D eigenvalue weighted by molar-refractivity contribution is 6.01. The Hall–Kier alpha value is -2.89. The smallest absolute Gasteiger partial charge is 0.264 e. The summed E-state index contributed by atoms with van der Waals surface area (Å²) in [6, 6.07) is 6.27. The number of carbonyl (C=O) groups excluding carboxylic acids is 1. The van der Waals surface area contributed by atoms with Crippen LogP contribution in [0.25, 0.3) is 22.3 Å². The van der Waals surface area contributed by atoms with Gasteiger partial charge in [0.25, 0.3) is 5.91 Å². The van der Waals surface area contributed by atoms with Crippen LogP contribution < -0.4 is 9.64 Å². The van der Waals surface area contributed by atoms with Gasteiger partial charge in [-0.1, -0.05) is 0 Å². The number of anilines is 1. The number of hydrogen-bond acceptors (Lipinski definition) is 4. The lowest BCUT2D eigenvalue weighted by Gasteiger charge is -2.26. The van der Waals surface area contributed by atoms with Crippen LogP contribution in [-0.2, 0) is 4.79 Å². The molecule has 4 rings (SSSR count). The van der Waals surface area contributed by atoms with Crippen LogP contribution in [0.4, 0.5) is 5.69 Å². The van der Waals surface area contributed by atoms with Crippen LogP contribution in [0, 0.1) is 6.92 Å². The van der Waals surface area contributed by atoms with Crippen LogP contribution in [0.15, 0.2) is 30.7 Å². The fourth-order valence-electron chi connectivity index (χ4n) is 3.20. The number of nitrogens with zero attached hydrogens (tertiary/aromatic N) is 4. The number of aromatic nitrogens is 3. The van der Waals surface area contributed by atoms with Crippen molar-refractivity contribution in [3.8, 4) is 17.1 Å². The third-order valence-electron chi connectivity index (χ3n) is 4.67. The van der Waals surface area contributed by atoms with E-state index in [1.165, 1.54) is 0 Å². The maximum Gasteiger partial charge on any atom is 0.264 e. The lowest BCUT2D eigenvalue weighted by atomic mass is 10.1. The van der Waals surface area contributed by atoms with Gasteiger partial charge in [-0.15, -0.1) is 0 Å². The van der Waals surface area contributed by atoms with Crippen LogP contribution in [0.2, 0.25) is 0 Å². The van der Waals surface area contributed by atoms with Gasteiger partial charge in [-0.05, 0) is 44.5 Å². The average Bonchev–Trinajstić information content (AvgIpc) is 3.07. The van der Waals surface area contributed by atoms with Crippen LogP contribution in [0.1, 0.15) is 25.5 Å². The normalized spacial score (nSPS) is 14.1. The van der Waals surface area contributed by atoms with Gasteiger partial charge in [-0.2, -0.15) is 0 Å². The molecule has 0 N–H and O–H groups in total. The maximum absolute atomic E-state index is 11.9. The molecular weight excluding hydrogens is 316 g/mol. The van der Waals surface area contributed by atoms with E-state index in [1.807, 2.05) is 24.7 Å². The Labute approximate surface area is 146 Å². The number of benzene rings is 1. The Morgan fingerprint density at radius 2 is 2.04 bits per heavy atom. The number of fused-ring (bicyclic) bond motifs is 2. The summed E-state index contributed by atoms with van der Waals surface area (Å²) in [7, 11) is 1.76. The van der Waals surface area contributed by atoms with Crippen molar-refractivity contribution in [1.82, 2.24) is 14.5 Å². The number of imidazole rings is 1. The molecule has 0 saturated heterocycles. The van der Waals surface area contributed by atoms with Gasteiger partial charge in [0, 0.05) is 18.5 Å². The largest absolute Gasteiger partial charge is 0.482 e. The Kier molecular flexibility index (Phi) is 3.49. The Balaban J connectivity index is 1.92. The number of rotatable bonds is 2. The quantitative estimate of drug-likeness (QED) is 0.720. The molecule has 2 aromatic heterocycles. The summed E-state index contributed by atoms with van der Waals surface area (Å²) in [6.45, 7) is 6.38. The van der Waals surface area contributed by atoms with Crippen molar-refractivity contribution in [3.05, 3.63) is 36.3 Å². The first-order valence-corrected chi connectivity index (χ1v) is 8.32. The van der Waals surface area contributed by atoms with E-state index in [0.717, 1.165) is 39.3 Å². The summed E-state index contributed by atoms with van der Waals surface area (Å²) in [5.74, 6) is 0.664. The van der Waals surface area contributed by atoms with E-state index in [9.17, 15) is 4.79 Å². The van der Waals surface area contributed by atoms with Gasteiger partial charge in [0.05, 0.1) is 35.1 Å². The minimum Gasteiger partial charge on any atom is -0.482 e. The van der Waals surface area contributed by atoms with E-state index >= 15 is 0 Å². The monoisotopic (exact) mass is 336 g/mol. The van der Waals surface area contributed by atoms with E-state index in [-0.39, 0.29) is 12.5 Å². The molecule has 3 heterocycles. The molecule has 1 aliphatic rings. The van der Waals surface area contributed by atoms with Crippen molar-refractivity contribution >= 4 is 22.5 Å². The van der Waals surface area contributed by atoms with Crippen molar-refractivity contribution in [2.45, 2.75) is 26.8 Å². The van der Waals surface area contributed by atoms with Crippen molar-refractivity contribution in [1.29, 1.82) is 0 Å². The molecule has 0 spiro atoms. The van der Waals surface area contributed by atoms with Crippen molar-refractivity contribution in [2.75, 3.05) is 18.6 Å². The molecule has 0 aliphatic carbocycles. The molecule has 0 unspecified atom stereocenters. The van der Waals surface area contributed by atoms with E-state index < -0.39 is 0 Å². The molecular formula is C19H20N4O2. The van der Waals surface area contributed by atoms with Gasteiger partial charge in [-0.3, -0.25) is 4.79 Å². The number of hydrogen-bond donors (Lipinski definition) is 0. The predicted octanol–water partition coefficient (Wildman–Crippen LogP) is 3.34. The van der Waals surface area contributed by atoms with Crippen molar-refractivity contribution < 1.29 is 9.53 Å². The first-order chi connectivity index (χ1) is 12.0. The maximum atomic E-state index is 11.9. The third kappa shape index (κ3) is 2.45. The highest BCUT2D eigenvalue weighted by atomic mass is 16.5. The highest BCUT2D eigenvalue weighted by Crippen LogP contribution is 2.37. The number of ether oxygens (including phenoxy) is 1. The van der Waals surface area contributed by atoms with Crippen molar-refractivity contribution in [2.24, 2.45) is 0 Å². The first-order valence-electron chi connectivity index (χ1n) is 8.32. The van der Waals surface area contributed by atoms with Gasteiger partial charge in [0.15, 0.2) is 6.61 Å². The minimum atomic E-state index is -0.0578. The van der Waals surface area contributed by atoms with Gasteiger partial charge in [0.2, 0.25) is 0 Å². The molecule has 25 heavy (non-hydrogen) atoms. The Bertz CT molecular complexity index is 990. The minimum absolute atomic E-state index is 0.0578. The third-order valence-corrected chi connectivity index (χ3v) is 4.67. The van der Waals surface area contributed by atoms with Gasteiger partial charge >= 0.3 is 0 Å². The number of likely N-dealkylation sites (N-methyl/N-ethyl adjacent to an activating group) is 1. The molecule has 0 fully saturated rings. The molecule has 1 aliphatic heterocycles. The number of carbonyl (C=O) groups is 1. The zero-order valence-corrected chi connectivity index (χ0v) is 14.8. The molecule has 0 bridgehead atoms. The van der Waals surface area contributed by atoms with E-state index in [1.54, 1.807) is 11.9 Å². The summed E-state index contributed by atoms with van der Waals surface area (Å²) in [5.41, 5.74) is 4.57. The lowest BCUT2D eigenvalue weighted by molar-refractivity contribution is -0.120. The number of pyridine rings is 1. The molecule has 1 amide bonds. The second-order valence-electron chi connectivity index (χ2n) is 6.68. The molecule has 128 valence electrons. The molecule has 1 aromatic carbocycles. The summed E-state index contributed by atoms with van der Waals surface area (Å²) in [5, 5.41) is 1.03. The van der Waals surface area contributed by atoms with Crippen LogP contribution in [0.5, 0.6) is 5.75 Å². The molecule has 3 aromatic rings. The van der Waals surface area contributed by atoms with Crippen LogP contribution >= 0.6 is 0 Å². The first kappa shape index (κ1) is 15.6. The summed E-state index contributed by atoms with van der Waals surface area (Å²) >= 11 is 0. The van der Waals surface area contributed by atoms with E-state index in [2.05, 4.69) is 36.4 Å². The van der Waals surface area contributed by atoms with Crippen LogP contribution in [-0.4, -0.2) is 34.1 Å². The molecule has 6 heteroatoms. The zero-order chi connectivity index (χ0) is 17.7. The van der Waals surface area contributed by atoms with Gasteiger partial charge in [0.1, 0.15) is 5.75 Å². The fraction of sp³-hybridized carbons (Fsp3) is 0.316. The second kappa shape index (κ2) is 5.58. The Morgan fingerprint density at radius 3 is 2.80 bits per heavy atom. The summed E-state index contributed by atoms with van der Waals surface area (Å²) < 4.78 is 7.69. The van der Waals surface area contributed by atoms with E-state index in [0.29, 0.717) is 6.04 Å². The fourth-order valence-corrected chi connectivity index (χ4v) is 3.20. The topological polar surface area (TPSA) is 60.2 Å². The van der Waals surface area contributed by atoms with Crippen molar-refractivity contribution in [3.63, 3.8) is 0 Å². The molecule has 0 saturated carbocycles. The van der Waals surface area contributed by atoms with Gasteiger partial charge < -0.3 is 14.2 Å². The van der Waals surface area contributed by atoms with Gasteiger partial charge in [-0.25, -0.2) is 9.97 Å². The zero-order valence-electron chi connectivity index (χ0n) is 14.8. The van der Waals surface area contributed by atoms with E-state index in [4.69, 9.17) is 9.72 Å². The Morgan fingerprint density at radius 1 is 1.24 bits per heavy atom. The summed E-state index contributed by atoms with van der Waals surface area (Å²) in [4.78, 5) is 22.6. The number of aryl methyl sites for hydroxylation is 1. The molecule has 0 atom stereocenters. The highest BCUT2D eigenvalue weighted by Gasteiger charge is 2.23. The standard InChI is InChI=1S/C19H20N4O2/c1-11(2)23-10-20-8-17(23)15-5-12(3)13-6-18-16(7-14(13)21-15)22(4)19(24)9-25-18/h5-8,10-11H,9H2,1-4H3. The van der Waals surface area contributed by atoms with Crippen LogP contribution in [0.3, 0.4) is 0 Å². The molecule has 6 nitrogen and oxygen atoms in total. The lowest BCUT2D eigenvalue weighted by Crippen LogP contribution is -2.35. The second-order valence-corrected chi connectivity index (χ2v) is 6.68. The predicted molar refractivity (Wildman–Crippen MR) is 97.0 cm³/mol. The average molecular weight is 336 g/mol. The number of amides is 1. The summed E-state index contributed by atoms with van der Waals surface area (Å²) in [6.07, 6.45) is 3.67. The molecule has 0 radical (unpaired) electrons.